The van der Waals surface area contributed by atoms with Crippen molar-refractivity contribution in [3.05, 3.63) is 0 Å². The van der Waals surface area contributed by atoms with Gasteiger partial charge in [0.1, 0.15) is 17.8 Å². The zero-order valence-corrected chi connectivity index (χ0v) is 6.84. The van der Waals surface area contributed by atoms with E-state index in [2.05, 4.69) is 4.74 Å². The number of aliphatic hydroxyl groups excluding tert-OH is 3. The van der Waals surface area contributed by atoms with Crippen molar-refractivity contribution in [3.8, 4) is 0 Å². The summed E-state index contributed by atoms with van der Waals surface area (Å²) in [6.45, 7) is 1.45. The normalized spacial score (nSPS) is 49.2. The van der Waals surface area contributed by atoms with Crippen molar-refractivity contribution in [2.75, 3.05) is 6.61 Å². The average molecular weight is 178 g/mol. The summed E-state index contributed by atoms with van der Waals surface area (Å²) in [5.41, 5.74) is -1.66. The fourth-order valence-corrected chi connectivity index (χ4v) is 1.31. The van der Waals surface area contributed by atoms with Crippen LogP contribution in [0, 0.1) is 0 Å². The molecule has 5 heteroatoms. The molecule has 72 valence electrons. The molecule has 1 aliphatic heterocycles. The quantitative estimate of drug-likeness (QED) is 0.380. The summed E-state index contributed by atoms with van der Waals surface area (Å²) in [5, 5.41) is 37.2. The van der Waals surface area contributed by atoms with Crippen molar-refractivity contribution in [1.29, 1.82) is 0 Å². The van der Waals surface area contributed by atoms with Crippen molar-refractivity contribution >= 4 is 0 Å². The molecule has 1 heterocycles. The van der Waals surface area contributed by atoms with E-state index in [0.29, 0.717) is 0 Å². The topological polar surface area (TPSA) is 90.2 Å². The third-order valence-corrected chi connectivity index (χ3v) is 2.35. The maximum atomic E-state index is 9.65. The van der Waals surface area contributed by atoms with E-state index >= 15 is 0 Å². The highest BCUT2D eigenvalue weighted by Gasteiger charge is 2.48. The zero-order chi connectivity index (χ0) is 9.35. The first-order chi connectivity index (χ1) is 5.52. The second kappa shape index (κ2) is 3.27. The van der Waals surface area contributed by atoms with Gasteiger partial charge >= 0.3 is 0 Å². The van der Waals surface area contributed by atoms with Crippen LogP contribution >= 0.6 is 0 Å². The van der Waals surface area contributed by atoms with Gasteiger partial charge in [-0.3, -0.25) is 0 Å². The largest absolute Gasteiger partial charge is 0.388 e. The van der Waals surface area contributed by atoms with Crippen molar-refractivity contribution in [2.45, 2.75) is 37.4 Å². The van der Waals surface area contributed by atoms with Crippen LogP contribution in [0.15, 0.2) is 0 Å². The van der Waals surface area contributed by atoms with Gasteiger partial charge in [-0.2, -0.15) is 0 Å². The fraction of sp³-hybridized carbons (Fsp3) is 1.00. The molecule has 0 unspecified atom stereocenters. The predicted molar refractivity (Wildman–Crippen MR) is 39.2 cm³/mol. The van der Waals surface area contributed by atoms with E-state index in [1.807, 2.05) is 0 Å². The van der Waals surface area contributed by atoms with Gasteiger partial charge in [-0.25, -0.2) is 0 Å². The molecular formula is C7H14O5. The van der Waals surface area contributed by atoms with Crippen LogP contribution in [0.5, 0.6) is 0 Å². The molecule has 0 aromatic heterocycles. The van der Waals surface area contributed by atoms with Crippen LogP contribution < -0.4 is 0 Å². The van der Waals surface area contributed by atoms with Gasteiger partial charge < -0.3 is 25.2 Å². The van der Waals surface area contributed by atoms with Gasteiger partial charge in [0.05, 0.1) is 6.61 Å². The number of hydrogen-bond acceptors (Lipinski definition) is 5. The molecule has 0 spiro atoms. The summed E-state index contributed by atoms with van der Waals surface area (Å²) in [6.07, 6.45) is -3.86. The van der Waals surface area contributed by atoms with E-state index in [9.17, 15) is 15.3 Å². The van der Waals surface area contributed by atoms with E-state index in [-0.39, 0.29) is 13.0 Å². The Morgan fingerprint density at radius 1 is 1.42 bits per heavy atom. The molecule has 5 nitrogen and oxygen atoms in total. The molecule has 1 rings (SSSR count). The van der Waals surface area contributed by atoms with Gasteiger partial charge in [0, 0.05) is 0 Å². The number of aliphatic hydroxyl groups is 4. The van der Waals surface area contributed by atoms with Crippen LogP contribution in [0.1, 0.15) is 13.3 Å². The maximum absolute atomic E-state index is 9.65. The Bertz CT molecular complexity index is 162. The highest BCUT2D eigenvalue weighted by atomic mass is 16.6. The lowest BCUT2D eigenvalue weighted by Crippen LogP contribution is -2.62. The molecule has 0 saturated carbocycles. The van der Waals surface area contributed by atoms with Crippen LogP contribution in [0.4, 0.5) is 0 Å². The number of rotatable bonds is 1. The first-order valence-corrected chi connectivity index (χ1v) is 3.90. The van der Waals surface area contributed by atoms with E-state index in [4.69, 9.17) is 5.11 Å². The second-order valence-electron chi connectivity index (χ2n) is 3.03. The zero-order valence-electron chi connectivity index (χ0n) is 6.84. The molecule has 0 bridgehead atoms. The smallest absolute Gasteiger partial charge is 0.183 e. The van der Waals surface area contributed by atoms with Gasteiger partial charge in [0.2, 0.25) is 0 Å². The number of ether oxygens (including phenoxy) is 1. The van der Waals surface area contributed by atoms with Crippen LogP contribution in [-0.4, -0.2) is 51.1 Å². The van der Waals surface area contributed by atoms with E-state index in [1.54, 1.807) is 6.92 Å². The lowest BCUT2D eigenvalue weighted by atomic mass is 9.85. The minimum absolute atomic E-state index is 0.162. The van der Waals surface area contributed by atoms with Crippen molar-refractivity contribution in [2.24, 2.45) is 0 Å². The second-order valence-corrected chi connectivity index (χ2v) is 3.03. The standard InChI is InChI=1S/C7H14O5/c1-2-7(11)4(8)3-12-6(10)5(7)9/h4-6,8-11H,2-3H2,1H3/t4-,5+,6+,7+/m1/s1. The Morgan fingerprint density at radius 3 is 2.42 bits per heavy atom. The first kappa shape index (κ1) is 9.88. The third-order valence-electron chi connectivity index (χ3n) is 2.35. The summed E-state index contributed by atoms with van der Waals surface area (Å²) in [6, 6.07) is 0. The van der Waals surface area contributed by atoms with Crippen molar-refractivity contribution < 1.29 is 25.2 Å². The summed E-state index contributed by atoms with van der Waals surface area (Å²) in [7, 11) is 0. The number of hydrogen-bond donors (Lipinski definition) is 4. The van der Waals surface area contributed by atoms with Gasteiger partial charge in [0.15, 0.2) is 6.29 Å². The van der Waals surface area contributed by atoms with E-state index in [0.717, 1.165) is 0 Å². The molecule has 12 heavy (non-hydrogen) atoms. The Kier molecular flexibility index (Phi) is 2.70. The van der Waals surface area contributed by atoms with Crippen molar-refractivity contribution in [3.63, 3.8) is 0 Å². The summed E-state index contributed by atoms with van der Waals surface area (Å²) in [5.74, 6) is 0. The molecule has 0 aliphatic carbocycles. The minimum atomic E-state index is -1.66. The van der Waals surface area contributed by atoms with Gasteiger partial charge in [-0.15, -0.1) is 0 Å². The molecule has 1 saturated heterocycles. The summed E-state index contributed by atoms with van der Waals surface area (Å²) >= 11 is 0. The minimum Gasteiger partial charge on any atom is -0.388 e. The van der Waals surface area contributed by atoms with Gasteiger partial charge in [0.25, 0.3) is 0 Å². The molecule has 1 fully saturated rings. The predicted octanol–water partition coefficient (Wildman–Crippen LogP) is -1.80. The molecule has 0 aromatic carbocycles. The van der Waals surface area contributed by atoms with Crippen molar-refractivity contribution in [1.82, 2.24) is 0 Å². The highest BCUT2D eigenvalue weighted by molar-refractivity contribution is 4.96. The lowest BCUT2D eigenvalue weighted by molar-refractivity contribution is -0.292. The monoisotopic (exact) mass is 178 g/mol. The molecule has 0 amide bonds. The lowest BCUT2D eigenvalue weighted by Gasteiger charge is -2.42. The maximum Gasteiger partial charge on any atom is 0.183 e. The fourth-order valence-electron chi connectivity index (χ4n) is 1.31. The van der Waals surface area contributed by atoms with Crippen LogP contribution in [0.25, 0.3) is 0 Å². The molecule has 0 aromatic rings. The highest BCUT2D eigenvalue weighted by Crippen LogP contribution is 2.27. The summed E-state index contributed by atoms with van der Waals surface area (Å²) in [4.78, 5) is 0. The molecule has 1 aliphatic rings. The first-order valence-electron chi connectivity index (χ1n) is 3.90. The van der Waals surface area contributed by atoms with Gasteiger partial charge in [-0.05, 0) is 6.42 Å². The van der Waals surface area contributed by atoms with Crippen LogP contribution in [-0.2, 0) is 4.74 Å². The molecule has 4 atom stereocenters. The molecular weight excluding hydrogens is 164 g/mol. The SMILES string of the molecule is CC[C@]1(O)[C@H](O)CO[C@H](O)[C@@H]1O. The molecule has 4 N–H and O–H groups in total. The Morgan fingerprint density at radius 2 is 2.00 bits per heavy atom. The van der Waals surface area contributed by atoms with E-state index in [1.165, 1.54) is 0 Å². The van der Waals surface area contributed by atoms with Gasteiger partial charge in [-0.1, -0.05) is 6.92 Å². The molecule has 0 radical (unpaired) electrons. The Hall–Kier alpha value is -0.200. The third kappa shape index (κ3) is 1.34. The Balaban J connectivity index is 2.78. The van der Waals surface area contributed by atoms with Crippen LogP contribution in [0.3, 0.4) is 0 Å². The van der Waals surface area contributed by atoms with E-state index < -0.39 is 24.1 Å². The average Bonchev–Trinajstić information content (AvgIpc) is 2.08. The Labute approximate surface area is 70.2 Å². The van der Waals surface area contributed by atoms with Crippen LogP contribution in [0.2, 0.25) is 0 Å². The summed E-state index contributed by atoms with van der Waals surface area (Å²) < 4.78 is 4.60.